The predicted octanol–water partition coefficient (Wildman–Crippen LogP) is 2.32. The molecular weight excluding hydrogens is 439 g/mol. The van der Waals surface area contributed by atoms with Crippen molar-refractivity contribution < 1.29 is 8.42 Å². The summed E-state index contributed by atoms with van der Waals surface area (Å²) >= 11 is 0. The SMILES string of the molecule is CCNC(=NCC1(CC(C)C)CCC1)NCCCNS(C)(=O)=O.I. The van der Waals surface area contributed by atoms with Crippen molar-refractivity contribution >= 4 is 40.0 Å². The van der Waals surface area contributed by atoms with E-state index in [1.807, 2.05) is 0 Å². The summed E-state index contributed by atoms with van der Waals surface area (Å²) in [6.07, 6.45) is 7.05. The molecule has 144 valence electrons. The Morgan fingerprint density at radius 3 is 2.33 bits per heavy atom. The van der Waals surface area contributed by atoms with Crippen LogP contribution < -0.4 is 15.4 Å². The summed E-state index contributed by atoms with van der Waals surface area (Å²) < 4.78 is 24.5. The lowest BCUT2D eigenvalue weighted by molar-refractivity contribution is 0.111. The zero-order valence-electron chi connectivity index (χ0n) is 15.5. The van der Waals surface area contributed by atoms with Gasteiger partial charge in [-0.2, -0.15) is 0 Å². The third-order valence-electron chi connectivity index (χ3n) is 4.18. The van der Waals surface area contributed by atoms with Crippen LogP contribution in [0.4, 0.5) is 0 Å². The van der Waals surface area contributed by atoms with Crippen molar-refractivity contribution in [1.82, 2.24) is 15.4 Å². The van der Waals surface area contributed by atoms with E-state index in [0.717, 1.165) is 25.5 Å². The van der Waals surface area contributed by atoms with E-state index in [1.54, 1.807) is 0 Å². The fourth-order valence-corrected chi connectivity index (χ4v) is 3.63. The molecule has 0 heterocycles. The second-order valence-electron chi connectivity index (χ2n) is 7.09. The summed E-state index contributed by atoms with van der Waals surface area (Å²) in [5.74, 6) is 1.55. The van der Waals surface area contributed by atoms with Gasteiger partial charge in [0.15, 0.2) is 5.96 Å². The third-order valence-corrected chi connectivity index (χ3v) is 4.91. The van der Waals surface area contributed by atoms with Crippen molar-refractivity contribution in [1.29, 1.82) is 0 Å². The molecule has 1 aliphatic rings. The van der Waals surface area contributed by atoms with Gasteiger partial charge >= 0.3 is 0 Å². The monoisotopic (exact) mass is 474 g/mol. The molecule has 1 rings (SSSR count). The molecule has 0 aromatic carbocycles. The molecule has 0 radical (unpaired) electrons. The molecule has 24 heavy (non-hydrogen) atoms. The molecule has 1 aliphatic carbocycles. The maximum Gasteiger partial charge on any atom is 0.208 e. The van der Waals surface area contributed by atoms with Crippen LogP contribution in [-0.2, 0) is 10.0 Å². The van der Waals surface area contributed by atoms with E-state index in [-0.39, 0.29) is 24.0 Å². The van der Waals surface area contributed by atoms with Gasteiger partial charge in [-0.25, -0.2) is 13.1 Å². The Morgan fingerprint density at radius 1 is 1.21 bits per heavy atom. The maximum absolute atomic E-state index is 11.0. The van der Waals surface area contributed by atoms with Crippen molar-refractivity contribution in [2.45, 2.75) is 52.9 Å². The van der Waals surface area contributed by atoms with Gasteiger partial charge in [-0.05, 0) is 43.9 Å². The number of hydrogen-bond donors (Lipinski definition) is 3. The largest absolute Gasteiger partial charge is 0.357 e. The Hall–Kier alpha value is -0.0900. The van der Waals surface area contributed by atoms with Crippen molar-refractivity contribution in [3.63, 3.8) is 0 Å². The average Bonchev–Trinajstić information content (AvgIpc) is 2.39. The van der Waals surface area contributed by atoms with Gasteiger partial charge in [-0.3, -0.25) is 4.99 Å². The zero-order valence-corrected chi connectivity index (χ0v) is 18.7. The second kappa shape index (κ2) is 11.5. The minimum atomic E-state index is -3.10. The number of sulfonamides is 1. The smallest absolute Gasteiger partial charge is 0.208 e. The highest BCUT2D eigenvalue weighted by atomic mass is 127. The van der Waals surface area contributed by atoms with Crippen LogP contribution in [0.3, 0.4) is 0 Å². The van der Waals surface area contributed by atoms with Crippen molar-refractivity contribution in [2.75, 3.05) is 32.4 Å². The molecule has 0 aromatic rings. The van der Waals surface area contributed by atoms with E-state index in [9.17, 15) is 8.42 Å². The average molecular weight is 474 g/mol. The Kier molecular flexibility index (Phi) is 11.5. The summed E-state index contributed by atoms with van der Waals surface area (Å²) in [5.41, 5.74) is 0.397. The maximum atomic E-state index is 11.0. The van der Waals surface area contributed by atoms with Crippen LogP contribution in [0.5, 0.6) is 0 Å². The molecule has 0 saturated heterocycles. The highest BCUT2D eigenvalue weighted by molar-refractivity contribution is 14.0. The fourth-order valence-electron chi connectivity index (χ4n) is 3.11. The molecule has 0 unspecified atom stereocenters. The Bertz CT molecular complexity index is 476. The highest BCUT2D eigenvalue weighted by Gasteiger charge is 2.37. The zero-order chi connectivity index (χ0) is 17.3. The molecule has 0 spiro atoms. The first kappa shape index (κ1) is 23.9. The summed E-state index contributed by atoms with van der Waals surface area (Å²) in [6, 6.07) is 0. The molecule has 0 aromatic heterocycles. The number of nitrogens with zero attached hydrogens (tertiary/aromatic N) is 1. The van der Waals surface area contributed by atoms with Gasteiger partial charge < -0.3 is 10.6 Å². The van der Waals surface area contributed by atoms with Gasteiger partial charge in [0.2, 0.25) is 10.0 Å². The van der Waals surface area contributed by atoms with Gasteiger partial charge in [0.25, 0.3) is 0 Å². The lowest BCUT2D eigenvalue weighted by Crippen LogP contribution is -2.41. The van der Waals surface area contributed by atoms with Crippen molar-refractivity contribution in [2.24, 2.45) is 16.3 Å². The molecule has 0 atom stereocenters. The van der Waals surface area contributed by atoms with Gasteiger partial charge in [-0.1, -0.05) is 20.3 Å². The molecule has 3 N–H and O–H groups in total. The second-order valence-corrected chi connectivity index (χ2v) is 8.93. The van der Waals surface area contributed by atoms with E-state index in [4.69, 9.17) is 4.99 Å². The third kappa shape index (κ3) is 10.0. The topological polar surface area (TPSA) is 82.6 Å². The molecule has 0 aliphatic heterocycles. The summed E-state index contributed by atoms with van der Waals surface area (Å²) in [4.78, 5) is 4.76. The lowest BCUT2D eigenvalue weighted by atomic mass is 9.64. The van der Waals surface area contributed by atoms with E-state index in [0.29, 0.717) is 24.4 Å². The number of guanidine groups is 1. The van der Waals surface area contributed by atoms with Crippen molar-refractivity contribution in [3.05, 3.63) is 0 Å². The van der Waals surface area contributed by atoms with Crippen LogP contribution in [0.25, 0.3) is 0 Å². The van der Waals surface area contributed by atoms with E-state index in [1.165, 1.54) is 31.9 Å². The van der Waals surface area contributed by atoms with Crippen LogP contribution in [0.2, 0.25) is 0 Å². The quantitative estimate of drug-likeness (QED) is 0.197. The Labute approximate surface area is 165 Å². The van der Waals surface area contributed by atoms with E-state index >= 15 is 0 Å². The lowest BCUT2D eigenvalue weighted by Gasteiger charge is -2.42. The number of halogens is 1. The summed E-state index contributed by atoms with van der Waals surface area (Å²) in [7, 11) is -3.10. The molecule has 8 heteroatoms. The first-order valence-corrected chi connectivity index (χ1v) is 10.6. The standard InChI is InChI=1S/C16H34N4O2S.HI/c1-5-17-15(18-10-7-11-20-23(4,21)22)19-13-16(8-6-9-16)12-14(2)3;/h14,20H,5-13H2,1-4H3,(H2,17,18,19);1H. The summed E-state index contributed by atoms with van der Waals surface area (Å²) in [5, 5.41) is 6.55. The highest BCUT2D eigenvalue weighted by Crippen LogP contribution is 2.46. The van der Waals surface area contributed by atoms with Crippen LogP contribution >= 0.6 is 24.0 Å². The first-order chi connectivity index (χ1) is 10.8. The summed E-state index contributed by atoms with van der Waals surface area (Å²) in [6.45, 7) is 9.46. The van der Waals surface area contributed by atoms with E-state index < -0.39 is 10.0 Å². The van der Waals surface area contributed by atoms with Crippen LogP contribution in [0.1, 0.15) is 52.9 Å². The van der Waals surface area contributed by atoms with Crippen LogP contribution in [0, 0.1) is 11.3 Å². The molecule has 6 nitrogen and oxygen atoms in total. The molecule has 0 amide bonds. The Morgan fingerprint density at radius 2 is 1.88 bits per heavy atom. The van der Waals surface area contributed by atoms with Gasteiger partial charge in [0.05, 0.1) is 6.26 Å². The van der Waals surface area contributed by atoms with Gasteiger partial charge in [0.1, 0.15) is 0 Å². The van der Waals surface area contributed by atoms with Crippen LogP contribution in [0.15, 0.2) is 4.99 Å². The molecule has 1 fully saturated rings. The number of rotatable bonds is 10. The minimum Gasteiger partial charge on any atom is -0.357 e. The normalized spacial score (nSPS) is 17.1. The molecular formula is C16H35IN4O2S. The number of aliphatic imine (C=N–C) groups is 1. The number of hydrogen-bond acceptors (Lipinski definition) is 3. The Balaban J connectivity index is 0.00000529. The van der Waals surface area contributed by atoms with E-state index in [2.05, 4.69) is 36.1 Å². The van der Waals surface area contributed by atoms with Gasteiger partial charge in [-0.15, -0.1) is 24.0 Å². The first-order valence-electron chi connectivity index (χ1n) is 8.73. The minimum absolute atomic E-state index is 0. The van der Waals surface area contributed by atoms with Crippen LogP contribution in [-0.4, -0.2) is 46.8 Å². The number of nitrogens with one attached hydrogen (secondary N) is 3. The fraction of sp³-hybridized carbons (Fsp3) is 0.938. The molecule has 1 saturated carbocycles. The van der Waals surface area contributed by atoms with Gasteiger partial charge in [0, 0.05) is 26.2 Å². The molecule has 0 bridgehead atoms. The van der Waals surface area contributed by atoms with Crippen molar-refractivity contribution in [3.8, 4) is 0 Å². The predicted molar refractivity (Wildman–Crippen MR) is 113 cm³/mol.